The highest BCUT2D eigenvalue weighted by atomic mass is 15.1. The fraction of sp³-hybridized carbons (Fsp3) is 0.368. The van der Waals surface area contributed by atoms with Crippen LogP contribution in [0.25, 0.3) is 0 Å². The Bertz CT molecular complexity index is 411. The molecule has 1 N–H and O–H groups in total. The van der Waals surface area contributed by atoms with E-state index in [-0.39, 0.29) is 0 Å². The van der Waals surface area contributed by atoms with Gasteiger partial charge in [-0.25, -0.2) is 0 Å². The van der Waals surface area contributed by atoms with E-state index in [4.69, 9.17) is 0 Å². The van der Waals surface area contributed by atoms with Crippen molar-refractivity contribution in [1.29, 1.82) is 0 Å². The molecule has 20 heavy (non-hydrogen) atoms. The van der Waals surface area contributed by atoms with Gasteiger partial charge >= 0.3 is 0 Å². The minimum atomic E-state index is 1.01. The standard InChI is InChI=1S/C19H27N/c1-3-20(4-2)18-14-9-7-5-6-8-11-15-19-16-12-10-13-17-19/h5-6,8-14,16-17H,3-4,7,15,18H2,1-2H3/p+1/b6-5-,11-8-,14-9-. The van der Waals surface area contributed by atoms with Crippen molar-refractivity contribution in [2.24, 2.45) is 0 Å². The van der Waals surface area contributed by atoms with E-state index in [1.54, 1.807) is 4.90 Å². The average molecular weight is 270 g/mol. The van der Waals surface area contributed by atoms with Crippen LogP contribution in [0, 0.1) is 0 Å². The van der Waals surface area contributed by atoms with Gasteiger partial charge < -0.3 is 4.90 Å². The van der Waals surface area contributed by atoms with Crippen LogP contribution in [-0.2, 0) is 6.42 Å². The molecule has 0 aliphatic carbocycles. The monoisotopic (exact) mass is 270 g/mol. The molecule has 0 fully saturated rings. The van der Waals surface area contributed by atoms with E-state index < -0.39 is 0 Å². The van der Waals surface area contributed by atoms with Gasteiger partial charge in [0.2, 0.25) is 0 Å². The Morgan fingerprint density at radius 1 is 0.850 bits per heavy atom. The molecule has 108 valence electrons. The van der Waals surface area contributed by atoms with Gasteiger partial charge in [0, 0.05) is 0 Å². The molecule has 1 aromatic carbocycles. The molecule has 0 saturated heterocycles. The highest BCUT2D eigenvalue weighted by Crippen LogP contribution is 2.00. The van der Waals surface area contributed by atoms with Gasteiger partial charge in [-0.15, -0.1) is 0 Å². The maximum atomic E-state index is 2.29. The van der Waals surface area contributed by atoms with Gasteiger partial charge in [0.1, 0.15) is 0 Å². The molecule has 0 bridgehead atoms. The first-order valence-corrected chi connectivity index (χ1v) is 7.71. The quantitative estimate of drug-likeness (QED) is 0.519. The molecular weight excluding hydrogens is 242 g/mol. The highest BCUT2D eigenvalue weighted by molar-refractivity contribution is 5.18. The summed E-state index contributed by atoms with van der Waals surface area (Å²) < 4.78 is 0. The number of likely N-dealkylation sites (N-methyl/N-ethyl adjacent to an activating group) is 1. The average Bonchev–Trinajstić information content (AvgIpc) is 2.50. The number of allylic oxidation sites excluding steroid dienone is 5. The van der Waals surface area contributed by atoms with E-state index in [1.165, 1.54) is 18.7 Å². The van der Waals surface area contributed by atoms with E-state index in [2.05, 4.69) is 80.6 Å². The lowest BCUT2D eigenvalue weighted by atomic mass is 10.1. The molecule has 0 atom stereocenters. The Labute approximate surface area is 124 Å². The molecule has 0 aromatic heterocycles. The molecule has 1 aromatic rings. The first kappa shape index (κ1) is 16.5. The van der Waals surface area contributed by atoms with Crippen molar-refractivity contribution in [3.63, 3.8) is 0 Å². The first-order chi connectivity index (χ1) is 9.86. The van der Waals surface area contributed by atoms with Gasteiger partial charge in [-0.2, -0.15) is 0 Å². The second kappa shape index (κ2) is 11.2. The number of hydrogen-bond donors (Lipinski definition) is 1. The molecule has 1 nitrogen and oxygen atoms in total. The third kappa shape index (κ3) is 7.75. The Kier molecular flexibility index (Phi) is 9.25. The molecule has 0 unspecified atom stereocenters. The smallest absolute Gasteiger partial charge is 0.0958 e. The summed E-state index contributed by atoms with van der Waals surface area (Å²) in [4.78, 5) is 1.63. The van der Waals surface area contributed by atoms with Crippen molar-refractivity contribution in [1.82, 2.24) is 0 Å². The number of nitrogens with one attached hydrogen (secondary N) is 1. The summed E-state index contributed by atoms with van der Waals surface area (Å²) in [6, 6.07) is 10.5. The lowest BCUT2D eigenvalue weighted by molar-refractivity contribution is -0.890. The van der Waals surface area contributed by atoms with Gasteiger partial charge in [0.25, 0.3) is 0 Å². The molecule has 0 heterocycles. The van der Waals surface area contributed by atoms with Crippen LogP contribution in [0.1, 0.15) is 25.8 Å². The van der Waals surface area contributed by atoms with E-state index in [1.807, 2.05) is 0 Å². The molecule has 1 heteroatoms. The van der Waals surface area contributed by atoms with Crippen molar-refractivity contribution >= 4 is 0 Å². The third-order valence-electron chi connectivity index (χ3n) is 3.43. The number of rotatable bonds is 9. The molecule has 0 radical (unpaired) electrons. The Morgan fingerprint density at radius 3 is 2.25 bits per heavy atom. The summed E-state index contributed by atoms with van der Waals surface area (Å²) in [6.45, 7) is 8.04. The van der Waals surface area contributed by atoms with Crippen LogP contribution in [-0.4, -0.2) is 19.6 Å². The summed E-state index contributed by atoms with van der Waals surface area (Å²) in [6.07, 6.45) is 15.3. The van der Waals surface area contributed by atoms with Crippen molar-refractivity contribution in [3.8, 4) is 0 Å². The Morgan fingerprint density at radius 2 is 1.55 bits per heavy atom. The summed E-state index contributed by atoms with van der Waals surface area (Å²) in [7, 11) is 0. The second-order valence-electron chi connectivity index (χ2n) is 4.91. The summed E-state index contributed by atoms with van der Waals surface area (Å²) >= 11 is 0. The van der Waals surface area contributed by atoms with Crippen molar-refractivity contribution in [3.05, 3.63) is 72.4 Å². The maximum absolute atomic E-state index is 2.29. The fourth-order valence-corrected chi connectivity index (χ4v) is 2.02. The molecular formula is C19H28N+. The van der Waals surface area contributed by atoms with Gasteiger partial charge in [-0.1, -0.05) is 60.7 Å². The van der Waals surface area contributed by atoms with Crippen LogP contribution in [0.4, 0.5) is 0 Å². The van der Waals surface area contributed by atoms with Crippen LogP contribution in [0.5, 0.6) is 0 Å². The van der Waals surface area contributed by atoms with E-state index in [0.717, 1.165) is 19.4 Å². The van der Waals surface area contributed by atoms with Gasteiger partial charge in [-0.05, 0) is 38.3 Å². The highest BCUT2D eigenvalue weighted by Gasteiger charge is 1.95. The van der Waals surface area contributed by atoms with Crippen LogP contribution < -0.4 is 4.90 Å². The predicted octanol–water partition coefficient (Wildman–Crippen LogP) is 3.21. The molecule has 0 spiro atoms. The van der Waals surface area contributed by atoms with Gasteiger partial charge in [0.05, 0.1) is 19.6 Å². The van der Waals surface area contributed by atoms with E-state index in [9.17, 15) is 0 Å². The lowest BCUT2D eigenvalue weighted by Gasteiger charge is -2.11. The van der Waals surface area contributed by atoms with Crippen molar-refractivity contribution in [2.75, 3.05) is 19.6 Å². The van der Waals surface area contributed by atoms with Crippen LogP contribution >= 0.6 is 0 Å². The minimum absolute atomic E-state index is 1.01. The SMILES string of the molecule is CC[NH+](CC)C/C=C\C/C=C\C=C/Cc1ccccc1. The Hall–Kier alpha value is -1.60. The van der Waals surface area contributed by atoms with Crippen LogP contribution in [0.3, 0.4) is 0 Å². The molecule has 0 aliphatic heterocycles. The molecule has 0 aliphatic rings. The van der Waals surface area contributed by atoms with Crippen LogP contribution in [0.15, 0.2) is 66.8 Å². The zero-order valence-corrected chi connectivity index (χ0v) is 12.9. The van der Waals surface area contributed by atoms with E-state index in [0.29, 0.717) is 0 Å². The topological polar surface area (TPSA) is 4.44 Å². The second-order valence-corrected chi connectivity index (χ2v) is 4.91. The zero-order valence-electron chi connectivity index (χ0n) is 12.9. The predicted molar refractivity (Wildman–Crippen MR) is 89.1 cm³/mol. The molecule has 0 saturated carbocycles. The lowest BCUT2D eigenvalue weighted by Crippen LogP contribution is -3.11. The molecule has 0 amide bonds. The number of quaternary nitrogens is 1. The van der Waals surface area contributed by atoms with Gasteiger partial charge in [-0.3, -0.25) is 0 Å². The minimum Gasteiger partial charge on any atom is -0.332 e. The van der Waals surface area contributed by atoms with Crippen molar-refractivity contribution < 1.29 is 4.90 Å². The van der Waals surface area contributed by atoms with E-state index >= 15 is 0 Å². The summed E-state index contributed by atoms with van der Waals surface area (Å²) in [5.41, 5.74) is 1.36. The number of benzene rings is 1. The van der Waals surface area contributed by atoms with Crippen molar-refractivity contribution in [2.45, 2.75) is 26.7 Å². The summed E-state index contributed by atoms with van der Waals surface area (Å²) in [5, 5.41) is 0. The zero-order chi connectivity index (χ0) is 14.5. The normalized spacial score (nSPS) is 12.3. The fourth-order valence-electron chi connectivity index (χ4n) is 2.02. The Balaban J connectivity index is 2.14. The largest absolute Gasteiger partial charge is 0.332 e. The van der Waals surface area contributed by atoms with Gasteiger partial charge in [0.15, 0.2) is 0 Å². The van der Waals surface area contributed by atoms with Crippen LogP contribution in [0.2, 0.25) is 0 Å². The maximum Gasteiger partial charge on any atom is 0.0958 e. The third-order valence-corrected chi connectivity index (χ3v) is 3.43. The first-order valence-electron chi connectivity index (χ1n) is 7.71. The number of hydrogen-bond acceptors (Lipinski definition) is 0. The molecule has 1 rings (SSSR count). The summed E-state index contributed by atoms with van der Waals surface area (Å²) in [5.74, 6) is 0.